The fourth-order valence-electron chi connectivity index (χ4n) is 10.6. The molecule has 428 valence electrons. The molecule has 2 saturated heterocycles. The first-order valence-corrected chi connectivity index (χ1v) is 28.5. The average molecular weight is 1120 g/mol. The molecule has 6 aromatic rings. The summed E-state index contributed by atoms with van der Waals surface area (Å²) in [5.74, 6) is 3.73. The number of phenols is 2. The van der Waals surface area contributed by atoms with E-state index in [0.717, 1.165) is 100.0 Å². The zero-order valence-electron chi connectivity index (χ0n) is 48.2. The number of carbonyl (C=O) groups excluding carboxylic acids is 2. The molecule has 0 amide bonds. The number of halogens is 1. The number of hydrogen-bond acceptors (Lipinski definition) is 11. The molecule has 0 radical (unpaired) electrons. The number of rotatable bonds is 14. The zero-order chi connectivity index (χ0) is 56.6. The maximum Gasteiger partial charge on any atom is 0.316 e. The number of benzene rings is 6. The van der Waals surface area contributed by atoms with Gasteiger partial charge in [0.15, 0.2) is 0 Å². The van der Waals surface area contributed by atoms with E-state index in [2.05, 4.69) is 30.9 Å². The van der Waals surface area contributed by atoms with Crippen LogP contribution >= 0.6 is 0 Å². The number of aromatic hydroxyl groups is 2. The number of quaternary nitrogens is 1. The van der Waals surface area contributed by atoms with Gasteiger partial charge in [-0.2, -0.15) is 0 Å². The van der Waals surface area contributed by atoms with Gasteiger partial charge in [0.25, 0.3) is 0 Å². The summed E-state index contributed by atoms with van der Waals surface area (Å²) in [5.41, 5.74) is 8.72. The highest BCUT2D eigenvalue weighted by molar-refractivity contribution is 5.97. The molecule has 2 atom stereocenters. The number of nitrogens with one attached hydrogen (secondary N) is 1. The number of nitrogens with zero attached hydrogens (tertiary/aromatic N) is 1. The zero-order valence-corrected chi connectivity index (χ0v) is 49.0. The van der Waals surface area contributed by atoms with E-state index in [0.29, 0.717) is 29.6 Å². The van der Waals surface area contributed by atoms with Gasteiger partial charge < -0.3 is 55.9 Å². The van der Waals surface area contributed by atoms with E-state index >= 15 is 0 Å². The van der Waals surface area contributed by atoms with Gasteiger partial charge in [0.2, 0.25) is 0 Å². The Morgan fingerprint density at radius 2 is 0.963 bits per heavy atom. The van der Waals surface area contributed by atoms with E-state index in [-0.39, 0.29) is 41.9 Å². The lowest BCUT2D eigenvalue weighted by atomic mass is 9.86. The van der Waals surface area contributed by atoms with Crippen molar-refractivity contribution in [1.82, 2.24) is 4.90 Å². The van der Waals surface area contributed by atoms with Crippen molar-refractivity contribution in [1.29, 1.82) is 0 Å². The Hall–Kier alpha value is -7.25. The van der Waals surface area contributed by atoms with E-state index in [9.17, 15) is 19.8 Å². The first-order valence-electron chi connectivity index (χ1n) is 28.5. The highest BCUT2D eigenvalue weighted by Crippen LogP contribution is 2.49. The molecule has 6 aromatic carbocycles. The normalized spacial score (nSPS) is 17.4. The minimum Gasteiger partial charge on any atom is -1.00 e. The predicted molar refractivity (Wildman–Crippen MR) is 315 cm³/mol. The standard InChI is InChI=1S/C39H47NO6.C29H31NO4.ClH/c1-26-32-20-19-31(45-37(42)39(5,6)7)25-33(32)46-35(34(26)27-11-17-30(18-12-27)44-36(41)38(2,3)4)28-13-15-29(16-14-28)43-24-23-40-21-9-8-10-22-40;1-20-26-14-11-24(32)19-27(26)34-29(28(20)21-5-9-23(31)10-6-21)22-7-12-25(13-8-22)33-18-17-30-15-3-2-4-16-30;/h11-20,25,35H,8-10,21-24H2,1-7H3;5-14,19,29,31-32H,2-4,15-18H2,1H3;1H/t35-;29-;/m00./s1. The summed E-state index contributed by atoms with van der Waals surface area (Å²) in [6.07, 6.45) is 7.07. The molecule has 4 aliphatic heterocycles. The van der Waals surface area contributed by atoms with Crippen LogP contribution in [0.2, 0.25) is 0 Å². The third-order valence-corrected chi connectivity index (χ3v) is 15.3. The Morgan fingerprint density at radius 3 is 1.49 bits per heavy atom. The molecule has 0 aromatic heterocycles. The Balaban J connectivity index is 0.000000219. The van der Waals surface area contributed by atoms with E-state index < -0.39 is 16.9 Å². The summed E-state index contributed by atoms with van der Waals surface area (Å²) < 4.78 is 36.6. The lowest BCUT2D eigenvalue weighted by Gasteiger charge is -2.31. The number of ether oxygens (including phenoxy) is 6. The fourth-order valence-corrected chi connectivity index (χ4v) is 10.6. The van der Waals surface area contributed by atoms with Gasteiger partial charge in [-0.3, -0.25) is 14.5 Å². The summed E-state index contributed by atoms with van der Waals surface area (Å²) in [5, 5.41) is 19.8. The topological polar surface area (TPSA) is 138 Å². The van der Waals surface area contributed by atoms with Crippen LogP contribution in [-0.2, 0) is 9.59 Å². The number of phenolic OH excluding ortho intramolecular Hbond substituents is 2. The number of esters is 2. The van der Waals surface area contributed by atoms with Crippen molar-refractivity contribution in [3.8, 4) is 46.0 Å². The second-order valence-corrected chi connectivity index (χ2v) is 23.6. The van der Waals surface area contributed by atoms with Crippen LogP contribution < -0.4 is 45.7 Å². The number of fused-ring (bicyclic) bond motifs is 2. The number of carbonyl (C=O) groups is 2. The monoisotopic (exact) mass is 1120 g/mol. The van der Waals surface area contributed by atoms with Crippen LogP contribution in [0, 0.1) is 10.8 Å². The van der Waals surface area contributed by atoms with Gasteiger partial charge in [-0.05, 0) is 207 Å². The van der Waals surface area contributed by atoms with Gasteiger partial charge in [-0.1, -0.05) is 55.0 Å². The molecule has 0 saturated carbocycles. The quantitative estimate of drug-likeness (QED) is 0.0710. The molecule has 4 heterocycles. The average Bonchev–Trinajstić information content (AvgIpc) is 3.47. The largest absolute Gasteiger partial charge is 1.00 e. The Labute approximate surface area is 484 Å². The van der Waals surface area contributed by atoms with Crippen LogP contribution in [0.5, 0.6) is 46.0 Å². The van der Waals surface area contributed by atoms with Crippen LogP contribution in [0.15, 0.2) is 133 Å². The molecule has 4 aliphatic rings. The maximum absolute atomic E-state index is 12.6. The van der Waals surface area contributed by atoms with Gasteiger partial charge in [0.05, 0.1) is 23.9 Å². The second kappa shape index (κ2) is 26.6. The van der Waals surface area contributed by atoms with Crippen molar-refractivity contribution in [2.24, 2.45) is 10.8 Å². The van der Waals surface area contributed by atoms with Gasteiger partial charge in [0.1, 0.15) is 78.0 Å². The molecular weight excluding hydrogens is 1040 g/mol. The molecule has 13 heteroatoms. The number of piperidine rings is 2. The number of likely N-dealkylation sites (tertiary alicyclic amines) is 2. The first kappa shape index (κ1) is 59.9. The first-order chi connectivity index (χ1) is 38.4. The molecule has 0 bridgehead atoms. The van der Waals surface area contributed by atoms with Crippen LogP contribution in [0.4, 0.5) is 0 Å². The lowest BCUT2D eigenvalue weighted by molar-refractivity contribution is -0.904. The summed E-state index contributed by atoms with van der Waals surface area (Å²) in [4.78, 5) is 29.2. The Kier molecular flexibility index (Phi) is 19.6. The Morgan fingerprint density at radius 1 is 0.531 bits per heavy atom. The van der Waals surface area contributed by atoms with Crippen molar-refractivity contribution in [3.05, 3.63) is 167 Å². The van der Waals surface area contributed by atoms with Crippen LogP contribution in [-0.4, -0.2) is 79.5 Å². The summed E-state index contributed by atoms with van der Waals surface area (Å²) in [6, 6.07) is 41.7. The maximum atomic E-state index is 12.6. The molecule has 0 unspecified atom stereocenters. The predicted octanol–water partition coefficient (Wildman–Crippen LogP) is 10.1. The molecule has 12 nitrogen and oxygen atoms in total. The third-order valence-electron chi connectivity index (χ3n) is 15.3. The highest BCUT2D eigenvalue weighted by atomic mass is 35.5. The SMILES string of the molecule is CC1=C(c2ccc(O)cc2)[C@H](c2ccc(OCC[NH+]3CCCCC3)cc2)Oc2cc(O)ccc21.CC1=C(c2ccc(OC(=O)C(C)(C)C)cc2)[C@H](c2ccc(OCCN3CCCCC3)cc2)Oc2cc(OC(=O)C(C)(C)C)ccc21.[Cl-]. The van der Waals surface area contributed by atoms with Crippen LogP contribution in [0.25, 0.3) is 22.3 Å². The van der Waals surface area contributed by atoms with Crippen molar-refractivity contribution >= 4 is 34.2 Å². The summed E-state index contributed by atoms with van der Waals surface area (Å²) in [6.45, 7) is 23.3. The minimum absolute atomic E-state index is 0. The molecule has 81 heavy (non-hydrogen) atoms. The second-order valence-electron chi connectivity index (χ2n) is 23.6. The molecule has 0 aliphatic carbocycles. The number of hydrogen-bond donors (Lipinski definition) is 3. The van der Waals surface area contributed by atoms with E-state index in [4.69, 9.17) is 28.4 Å². The van der Waals surface area contributed by atoms with Crippen molar-refractivity contribution < 1.29 is 65.5 Å². The van der Waals surface area contributed by atoms with Gasteiger partial charge >= 0.3 is 11.9 Å². The Bertz CT molecular complexity index is 3160. The van der Waals surface area contributed by atoms with Gasteiger partial charge in [0, 0.05) is 41.0 Å². The highest BCUT2D eigenvalue weighted by Gasteiger charge is 2.33. The fraction of sp³-hybridized carbons (Fsp3) is 0.382. The minimum atomic E-state index is -0.632. The third kappa shape index (κ3) is 15.2. The van der Waals surface area contributed by atoms with Gasteiger partial charge in [-0.15, -0.1) is 0 Å². The molecule has 3 N–H and O–H groups in total. The van der Waals surface area contributed by atoms with Crippen molar-refractivity contribution in [2.45, 2.75) is 106 Å². The summed E-state index contributed by atoms with van der Waals surface area (Å²) >= 11 is 0. The molecular formula is C68H79ClN2O10. The van der Waals surface area contributed by atoms with Gasteiger partial charge in [-0.25, -0.2) is 0 Å². The smallest absolute Gasteiger partial charge is 0.316 e. The van der Waals surface area contributed by atoms with Crippen molar-refractivity contribution in [2.75, 3.05) is 52.5 Å². The lowest BCUT2D eigenvalue weighted by Crippen LogP contribution is -3.13. The van der Waals surface area contributed by atoms with E-state index in [1.165, 1.54) is 51.6 Å². The van der Waals surface area contributed by atoms with Crippen molar-refractivity contribution in [3.63, 3.8) is 0 Å². The molecule has 0 spiro atoms. The number of allylic oxidation sites excluding steroid dienone is 2. The molecule has 10 rings (SSSR count). The van der Waals surface area contributed by atoms with E-state index in [1.54, 1.807) is 41.3 Å². The summed E-state index contributed by atoms with van der Waals surface area (Å²) in [7, 11) is 0. The van der Waals surface area contributed by atoms with E-state index in [1.807, 2.05) is 126 Å². The molecule has 2 fully saturated rings. The van der Waals surface area contributed by atoms with Crippen LogP contribution in [0.3, 0.4) is 0 Å². The van der Waals surface area contributed by atoms with Crippen LogP contribution in [0.1, 0.15) is 140 Å².